The fourth-order valence-corrected chi connectivity index (χ4v) is 8.48. The molecule has 3 fully saturated rings. The molecule has 0 radical (unpaired) electrons. The average molecular weight is 445 g/mol. The lowest BCUT2D eigenvalue weighted by molar-refractivity contribution is -0.0585. The van der Waals surface area contributed by atoms with Crippen LogP contribution in [0.15, 0.2) is 65.8 Å². The van der Waals surface area contributed by atoms with Crippen LogP contribution in [0.1, 0.15) is 90.5 Å². The summed E-state index contributed by atoms with van der Waals surface area (Å²) in [6.45, 7) is 11.4. The van der Waals surface area contributed by atoms with Crippen molar-refractivity contribution in [1.82, 2.24) is 0 Å². The monoisotopic (exact) mass is 444 g/mol. The topological polar surface area (TPSA) is 20.2 Å². The van der Waals surface area contributed by atoms with E-state index in [1.807, 2.05) is 0 Å². The van der Waals surface area contributed by atoms with Gasteiger partial charge >= 0.3 is 0 Å². The van der Waals surface area contributed by atoms with E-state index in [2.05, 4.69) is 69.8 Å². The van der Waals surface area contributed by atoms with E-state index in [0.29, 0.717) is 17.8 Å². The molecule has 0 amide bonds. The van der Waals surface area contributed by atoms with Crippen LogP contribution in [0.2, 0.25) is 0 Å². The third-order valence-corrected chi connectivity index (χ3v) is 10.8. The SMILES string of the molecule is C=C(C)[C@@H]1CC[C@]2(C)C(=C(C)C=C[C@]23CC[C@@H]([C@@]2(O)CCC[C@H]2CCc2ccccc2)C3)C1. The van der Waals surface area contributed by atoms with Gasteiger partial charge in [-0.1, -0.05) is 79.1 Å². The highest BCUT2D eigenvalue weighted by molar-refractivity contribution is 5.41. The third kappa shape index (κ3) is 3.79. The first-order valence-electron chi connectivity index (χ1n) is 13.6. The highest BCUT2D eigenvalue weighted by Crippen LogP contribution is 2.67. The Hall–Kier alpha value is -1.60. The molecule has 5 rings (SSSR count). The lowest BCUT2D eigenvalue weighted by atomic mass is 9.50. The smallest absolute Gasteiger partial charge is 0.0704 e. The summed E-state index contributed by atoms with van der Waals surface area (Å²) in [6.07, 6.45) is 18.0. The summed E-state index contributed by atoms with van der Waals surface area (Å²) >= 11 is 0. The minimum absolute atomic E-state index is 0.231. The summed E-state index contributed by atoms with van der Waals surface area (Å²) in [4.78, 5) is 0. The highest BCUT2D eigenvalue weighted by Gasteiger charge is 2.59. The molecule has 1 N–H and O–H groups in total. The Bertz CT molecular complexity index is 954. The van der Waals surface area contributed by atoms with E-state index in [0.717, 1.165) is 19.3 Å². The second-order valence-corrected chi connectivity index (χ2v) is 12.3. The van der Waals surface area contributed by atoms with Gasteiger partial charge in [0.15, 0.2) is 0 Å². The first-order chi connectivity index (χ1) is 15.8. The van der Waals surface area contributed by atoms with Crippen LogP contribution < -0.4 is 0 Å². The fraction of sp³-hybridized carbons (Fsp3) is 0.625. The van der Waals surface area contributed by atoms with Gasteiger partial charge < -0.3 is 5.11 Å². The van der Waals surface area contributed by atoms with Gasteiger partial charge in [0.05, 0.1) is 5.60 Å². The van der Waals surface area contributed by atoms with Crippen molar-refractivity contribution in [2.24, 2.45) is 28.6 Å². The van der Waals surface area contributed by atoms with Gasteiger partial charge in [-0.3, -0.25) is 0 Å². The van der Waals surface area contributed by atoms with Crippen LogP contribution in [0.3, 0.4) is 0 Å². The van der Waals surface area contributed by atoms with Gasteiger partial charge in [0.2, 0.25) is 0 Å². The van der Waals surface area contributed by atoms with Gasteiger partial charge in [0.1, 0.15) is 0 Å². The Kier molecular flexibility index (Phi) is 6.01. The molecule has 1 nitrogen and oxygen atoms in total. The number of aliphatic hydroxyl groups is 1. The molecule has 0 unspecified atom stereocenters. The summed E-state index contributed by atoms with van der Waals surface area (Å²) in [7, 11) is 0. The van der Waals surface area contributed by atoms with Crippen LogP contribution in [0, 0.1) is 28.6 Å². The Morgan fingerprint density at radius 2 is 1.88 bits per heavy atom. The second-order valence-electron chi connectivity index (χ2n) is 12.3. The van der Waals surface area contributed by atoms with Crippen molar-refractivity contribution >= 4 is 0 Å². The van der Waals surface area contributed by atoms with E-state index in [1.165, 1.54) is 68.1 Å². The van der Waals surface area contributed by atoms with Crippen molar-refractivity contribution < 1.29 is 5.11 Å². The second kappa shape index (κ2) is 8.56. The van der Waals surface area contributed by atoms with E-state index in [1.54, 1.807) is 5.57 Å². The van der Waals surface area contributed by atoms with Gasteiger partial charge in [-0.2, -0.15) is 0 Å². The van der Waals surface area contributed by atoms with Crippen molar-refractivity contribution in [3.8, 4) is 0 Å². The highest BCUT2D eigenvalue weighted by atomic mass is 16.3. The van der Waals surface area contributed by atoms with Gasteiger partial charge in [-0.25, -0.2) is 0 Å². The van der Waals surface area contributed by atoms with Gasteiger partial charge in [-0.05, 0) is 112 Å². The Morgan fingerprint density at radius 3 is 2.64 bits per heavy atom. The molecule has 0 heterocycles. The molecular formula is C32H44O. The van der Waals surface area contributed by atoms with Crippen LogP contribution in [0.25, 0.3) is 0 Å². The zero-order valence-corrected chi connectivity index (χ0v) is 21.2. The maximum atomic E-state index is 12.1. The molecule has 1 aromatic carbocycles. The largest absolute Gasteiger partial charge is 0.389 e. The van der Waals surface area contributed by atoms with E-state index < -0.39 is 5.60 Å². The third-order valence-electron chi connectivity index (χ3n) is 10.8. The first kappa shape index (κ1) is 23.2. The number of fused-ring (bicyclic) bond motifs is 2. The Balaban J connectivity index is 1.35. The van der Waals surface area contributed by atoms with E-state index in [4.69, 9.17) is 0 Å². The van der Waals surface area contributed by atoms with Crippen molar-refractivity contribution in [1.29, 1.82) is 0 Å². The number of aryl methyl sites for hydroxylation is 1. The molecule has 33 heavy (non-hydrogen) atoms. The van der Waals surface area contributed by atoms with Gasteiger partial charge in [0.25, 0.3) is 0 Å². The van der Waals surface area contributed by atoms with Crippen LogP contribution in [-0.2, 0) is 6.42 Å². The van der Waals surface area contributed by atoms with Crippen LogP contribution in [0.5, 0.6) is 0 Å². The molecule has 0 aliphatic heterocycles. The van der Waals surface area contributed by atoms with Gasteiger partial charge in [-0.15, -0.1) is 0 Å². The molecule has 0 aromatic heterocycles. The quantitative estimate of drug-likeness (QED) is 0.454. The molecule has 1 aromatic rings. The predicted octanol–water partition coefficient (Wildman–Crippen LogP) is 8.21. The Labute approximate surface area is 202 Å². The minimum Gasteiger partial charge on any atom is -0.389 e. The summed E-state index contributed by atoms with van der Waals surface area (Å²) in [5, 5.41) is 12.1. The molecular weight excluding hydrogens is 400 g/mol. The van der Waals surface area contributed by atoms with Crippen LogP contribution in [0.4, 0.5) is 0 Å². The molecule has 1 heteroatoms. The number of allylic oxidation sites excluding steroid dienone is 5. The van der Waals surface area contributed by atoms with Crippen molar-refractivity contribution in [3.05, 3.63) is 71.3 Å². The van der Waals surface area contributed by atoms with E-state index >= 15 is 0 Å². The molecule has 4 aliphatic rings. The molecule has 1 spiro atoms. The maximum Gasteiger partial charge on any atom is 0.0704 e. The van der Waals surface area contributed by atoms with Crippen LogP contribution >= 0.6 is 0 Å². The molecule has 178 valence electrons. The van der Waals surface area contributed by atoms with Gasteiger partial charge in [0, 0.05) is 0 Å². The van der Waals surface area contributed by atoms with E-state index in [9.17, 15) is 5.11 Å². The molecule has 0 bridgehead atoms. The number of rotatable bonds is 5. The van der Waals surface area contributed by atoms with Crippen molar-refractivity contribution in [2.75, 3.05) is 0 Å². The first-order valence-corrected chi connectivity index (χ1v) is 13.6. The van der Waals surface area contributed by atoms with Crippen LogP contribution in [-0.4, -0.2) is 10.7 Å². The fourth-order valence-electron chi connectivity index (χ4n) is 8.48. The maximum absolute atomic E-state index is 12.1. The number of hydrogen-bond acceptors (Lipinski definition) is 1. The molecule has 3 saturated carbocycles. The zero-order valence-electron chi connectivity index (χ0n) is 21.2. The lowest BCUT2D eigenvalue weighted by Gasteiger charge is -2.54. The number of benzene rings is 1. The molecule has 0 saturated heterocycles. The lowest BCUT2D eigenvalue weighted by Crippen LogP contribution is -2.46. The molecule has 6 atom stereocenters. The van der Waals surface area contributed by atoms with E-state index in [-0.39, 0.29) is 10.8 Å². The van der Waals surface area contributed by atoms with Crippen molar-refractivity contribution in [2.45, 2.75) is 97.0 Å². The zero-order chi connectivity index (χ0) is 23.3. The summed E-state index contributed by atoms with van der Waals surface area (Å²) in [5.41, 5.74) is 5.98. The average Bonchev–Trinajstić information content (AvgIpc) is 3.42. The normalized spacial score (nSPS) is 40.4. The standard InChI is InChI=1S/C32H44O/c1-23(2)26-15-18-30(4)29(21-26)24(3)14-19-31(30)20-16-28(22-31)32(33)17-8-11-27(32)13-12-25-9-6-5-7-10-25/h5-7,9-10,14,19,26-28,33H,1,8,11-13,15-18,20-22H2,2-4H3/t26-,27+,28-,30-,31-,32-/m1/s1. The molecule has 4 aliphatic carbocycles. The summed E-state index contributed by atoms with van der Waals surface area (Å²) < 4.78 is 0. The summed E-state index contributed by atoms with van der Waals surface area (Å²) in [5.74, 6) is 1.54. The Morgan fingerprint density at radius 1 is 1.09 bits per heavy atom. The summed E-state index contributed by atoms with van der Waals surface area (Å²) in [6, 6.07) is 10.9. The number of hydrogen-bond donors (Lipinski definition) is 1. The van der Waals surface area contributed by atoms with Crippen molar-refractivity contribution in [3.63, 3.8) is 0 Å². The minimum atomic E-state index is -0.465. The predicted molar refractivity (Wildman–Crippen MR) is 139 cm³/mol.